The van der Waals surface area contributed by atoms with Crippen LogP contribution in [0.1, 0.15) is 25.3 Å². The van der Waals surface area contributed by atoms with Crippen molar-refractivity contribution < 1.29 is 0 Å². The van der Waals surface area contributed by atoms with Crippen LogP contribution in [-0.2, 0) is 6.42 Å². The van der Waals surface area contributed by atoms with E-state index in [0.717, 1.165) is 0 Å². The second kappa shape index (κ2) is 9.35. The summed E-state index contributed by atoms with van der Waals surface area (Å²) < 4.78 is 0. The number of hydrogen-bond donors (Lipinski definition) is 0. The Bertz CT molecular complexity index is 1240. The lowest BCUT2D eigenvalue weighted by Gasteiger charge is -2.05. The number of thiophene rings is 3. The van der Waals surface area contributed by atoms with Crippen molar-refractivity contribution in [2.75, 3.05) is 0 Å². The van der Waals surface area contributed by atoms with E-state index < -0.39 is 0 Å². The highest BCUT2D eigenvalue weighted by Crippen LogP contribution is 2.41. The van der Waals surface area contributed by atoms with Gasteiger partial charge in [-0.2, -0.15) is 0 Å². The van der Waals surface area contributed by atoms with Crippen LogP contribution in [0.2, 0.25) is 0 Å². The minimum atomic E-state index is 1.18. The Labute approximate surface area is 196 Å². The molecule has 0 N–H and O–H groups in total. The van der Waals surface area contributed by atoms with E-state index in [2.05, 4.69) is 97.2 Å². The predicted molar refractivity (Wildman–Crippen MR) is 140 cm³/mol. The van der Waals surface area contributed by atoms with Gasteiger partial charge in [0.15, 0.2) is 0 Å². The molecular weight excluding hydrogens is 433 g/mol. The fraction of sp³-hybridized carbons (Fsp3) is 0.143. The van der Waals surface area contributed by atoms with E-state index in [4.69, 9.17) is 0 Å². The maximum Gasteiger partial charge on any atom is 0.0449 e. The van der Waals surface area contributed by atoms with Gasteiger partial charge >= 0.3 is 0 Å². The van der Waals surface area contributed by atoms with Crippen molar-refractivity contribution in [1.82, 2.24) is 0 Å². The van der Waals surface area contributed by atoms with E-state index in [1.54, 1.807) is 11.3 Å². The molecule has 0 amide bonds. The van der Waals surface area contributed by atoms with Crippen molar-refractivity contribution in [3.8, 4) is 41.1 Å². The lowest BCUT2D eigenvalue weighted by Crippen LogP contribution is -1.85. The number of aryl methyl sites for hydroxylation is 1. The van der Waals surface area contributed by atoms with Gasteiger partial charge in [0.1, 0.15) is 0 Å². The zero-order valence-electron chi connectivity index (χ0n) is 17.5. The van der Waals surface area contributed by atoms with Crippen LogP contribution in [0.4, 0.5) is 0 Å². The Morgan fingerprint density at radius 2 is 1.10 bits per heavy atom. The maximum absolute atomic E-state index is 2.27. The first-order chi connectivity index (χ1) is 15.3. The minimum absolute atomic E-state index is 1.18. The van der Waals surface area contributed by atoms with Crippen molar-refractivity contribution in [2.45, 2.75) is 26.2 Å². The van der Waals surface area contributed by atoms with Crippen LogP contribution in [0, 0.1) is 0 Å². The van der Waals surface area contributed by atoms with Gasteiger partial charge in [0.05, 0.1) is 0 Å². The van der Waals surface area contributed by atoms with Gasteiger partial charge in [0, 0.05) is 24.4 Å². The highest BCUT2D eigenvalue weighted by Gasteiger charge is 2.10. The molecule has 3 heteroatoms. The highest BCUT2D eigenvalue weighted by molar-refractivity contribution is 7.27. The number of unbranched alkanes of at least 4 members (excludes halogenated alkanes) is 1. The summed E-state index contributed by atoms with van der Waals surface area (Å²) in [4.78, 5) is 6.71. The van der Waals surface area contributed by atoms with Crippen molar-refractivity contribution in [2.24, 2.45) is 0 Å². The molecule has 3 heterocycles. The Hall–Kier alpha value is -2.46. The first-order valence-corrected chi connectivity index (χ1v) is 13.2. The standard InChI is InChI=1S/C28H24S3/c1-2-3-5-20-7-9-21(10-8-20)22-11-13-23(14-12-22)24-15-16-27(30-24)28-18-17-26(31-28)25-6-4-19-29-25/h4,6-19H,2-3,5H2,1H3. The molecule has 5 rings (SSSR count). The van der Waals surface area contributed by atoms with E-state index in [1.807, 2.05) is 22.7 Å². The third-order valence-corrected chi connectivity index (χ3v) is 8.98. The molecule has 0 aliphatic carbocycles. The summed E-state index contributed by atoms with van der Waals surface area (Å²) in [6.45, 7) is 2.25. The molecule has 0 radical (unpaired) electrons. The predicted octanol–water partition coefficient (Wildman–Crippen LogP) is 9.88. The third-order valence-electron chi connectivity index (χ3n) is 5.49. The smallest absolute Gasteiger partial charge is 0.0449 e. The lowest BCUT2D eigenvalue weighted by atomic mass is 10.0. The van der Waals surface area contributed by atoms with Gasteiger partial charge in [-0.05, 0) is 70.8 Å². The number of benzene rings is 2. The summed E-state index contributed by atoms with van der Waals surface area (Å²) in [5.41, 5.74) is 5.29. The molecule has 0 saturated carbocycles. The first-order valence-electron chi connectivity index (χ1n) is 10.7. The fourth-order valence-electron chi connectivity index (χ4n) is 3.72. The molecule has 0 spiro atoms. The van der Waals surface area contributed by atoms with E-state index in [0.29, 0.717) is 0 Å². The quantitative estimate of drug-likeness (QED) is 0.228. The van der Waals surface area contributed by atoms with Crippen molar-refractivity contribution in [3.05, 3.63) is 95.9 Å². The Morgan fingerprint density at radius 1 is 0.548 bits per heavy atom. The van der Waals surface area contributed by atoms with Crippen LogP contribution in [-0.4, -0.2) is 0 Å². The van der Waals surface area contributed by atoms with Crippen LogP contribution in [0.25, 0.3) is 41.1 Å². The summed E-state index contributed by atoms with van der Waals surface area (Å²) in [5, 5.41) is 2.14. The Kier molecular flexibility index (Phi) is 6.17. The average Bonchev–Trinajstić information content (AvgIpc) is 3.59. The molecule has 5 aromatic rings. The van der Waals surface area contributed by atoms with E-state index in [-0.39, 0.29) is 0 Å². The molecule has 0 aliphatic heterocycles. The molecule has 0 saturated heterocycles. The summed E-state index contributed by atoms with van der Waals surface area (Å²) >= 11 is 5.56. The molecule has 0 nitrogen and oxygen atoms in total. The Morgan fingerprint density at radius 3 is 1.71 bits per heavy atom. The van der Waals surface area contributed by atoms with Crippen molar-refractivity contribution in [3.63, 3.8) is 0 Å². The molecule has 2 aromatic carbocycles. The number of hydrogen-bond acceptors (Lipinski definition) is 3. The second-order valence-electron chi connectivity index (χ2n) is 7.68. The van der Waals surface area contributed by atoms with Crippen molar-refractivity contribution >= 4 is 34.0 Å². The maximum atomic E-state index is 2.27. The third kappa shape index (κ3) is 4.59. The van der Waals surface area contributed by atoms with Gasteiger partial charge in [-0.1, -0.05) is 67.9 Å². The molecule has 0 fully saturated rings. The van der Waals surface area contributed by atoms with Gasteiger partial charge < -0.3 is 0 Å². The van der Waals surface area contributed by atoms with Crippen molar-refractivity contribution in [1.29, 1.82) is 0 Å². The van der Waals surface area contributed by atoms with Crippen LogP contribution in [0.15, 0.2) is 90.3 Å². The SMILES string of the molecule is CCCCc1ccc(-c2ccc(-c3ccc(-c4ccc(-c5cccs5)s4)s3)cc2)cc1. The number of rotatable bonds is 7. The molecule has 31 heavy (non-hydrogen) atoms. The van der Waals surface area contributed by atoms with Gasteiger partial charge in [0.25, 0.3) is 0 Å². The van der Waals surface area contributed by atoms with Gasteiger partial charge in [-0.15, -0.1) is 34.0 Å². The molecular formula is C28H24S3. The average molecular weight is 457 g/mol. The van der Waals surface area contributed by atoms with E-state index in [9.17, 15) is 0 Å². The van der Waals surface area contributed by atoms with Crippen LogP contribution < -0.4 is 0 Å². The minimum Gasteiger partial charge on any atom is -0.143 e. The normalized spacial score (nSPS) is 11.1. The zero-order valence-corrected chi connectivity index (χ0v) is 20.0. The summed E-state index contributed by atoms with van der Waals surface area (Å²) in [6, 6.07) is 31.4. The zero-order chi connectivity index (χ0) is 21.0. The molecule has 0 atom stereocenters. The summed E-state index contributed by atoms with van der Waals surface area (Å²) in [6.07, 6.45) is 3.68. The highest BCUT2D eigenvalue weighted by atomic mass is 32.1. The largest absolute Gasteiger partial charge is 0.143 e. The van der Waals surface area contributed by atoms with Gasteiger partial charge in [-0.3, -0.25) is 0 Å². The van der Waals surface area contributed by atoms with Crippen LogP contribution in [0.3, 0.4) is 0 Å². The topological polar surface area (TPSA) is 0 Å². The Balaban J connectivity index is 1.32. The van der Waals surface area contributed by atoms with Crippen LogP contribution >= 0.6 is 34.0 Å². The van der Waals surface area contributed by atoms with Gasteiger partial charge in [-0.25, -0.2) is 0 Å². The van der Waals surface area contributed by atoms with E-state index >= 15 is 0 Å². The first kappa shape index (κ1) is 20.4. The van der Waals surface area contributed by atoms with E-state index in [1.165, 1.54) is 65.9 Å². The lowest BCUT2D eigenvalue weighted by molar-refractivity contribution is 0.795. The van der Waals surface area contributed by atoms with Crippen LogP contribution in [0.5, 0.6) is 0 Å². The monoisotopic (exact) mass is 456 g/mol. The molecule has 0 bridgehead atoms. The summed E-state index contributed by atoms with van der Waals surface area (Å²) in [5.74, 6) is 0. The second-order valence-corrected chi connectivity index (χ2v) is 10.8. The fourth-order valence-corrected chi connectivity index (χ4v) is 6.66. The molecule has 3 aromatic heterocycles. The molecule has 0 unspecified atom stereocenters. The summed E-state index contributed by atoms with van der Waals surface area (Å²) in [7, 11) is 0. The molecule has 154 valence electrons. The van der Waals surface area contributed by atoms with Gasteiger partial charge in [0.2, 0.25) is 0 Å². The molecule has 0 aliphatic rings.